The van der Waals surface area contributed by atoms with Gasteiger partial charge < -0.3 is 19.1 Å². The molecule has 7 nitrogen and oxygen atoms in total. The standard InChI is InChI=1S/C23H27F3N4O3/c1-3-15(2)21-27-20(28-33-21)18-12-17(16-4-6-19(7-5-16)23(24,25)26)13-30(14-18)22(31)29-8-10-32-11-9-29/h3-7,17-18H,8-14H2,1-2H3. The van der Waals surface area contributed by atoms with Crippen molar-refractivity contribution in [2.24, 2.45) is 0 Å². The Morgan fingerprint density at radius 1 is 1.09 bits per heavy atom. The van der Waals surface area contributed by atoms with Crippen LogP contribution in [0.2, 0.25) is 0 Å². The minimum atomic E-state index is -4.39. The Morgan fingerprint density at radius 3 is 2.39 bits per heavy atom. The molecule has 0 bridgehead atoms. The molecule has 2 aliphatic heterocycles. The van der Waals surface area contributed by atoms with Gasteiger partial charge in [-0.2, -0.15) is 18.2 Å². The van der Waals surface area contributed by atoms with Crippen molar-refractivity contribution in [3.63, 3.8) is 0 Å². The molecule has 33 heavy (non-hydrogen) atoms. The number of hydrogen-bond donors (Lipinski definition) is 0. The Hall–Kier alpha value is -2.88. The molecule has 0 N–H and O–H groups in total. The van der Waals surface area contributed by atoms with E-state index in [1.165, 1.54) is 12.1 Å². The number of aromatic nitrogens is 2. The Kier molecular flexibility index (Phi) is 6.73. The molecular weight excluding hydrogens is 437 g/mol. The van der Waals surface area contributed by atoms with E-state index in [9.17, 15) is 18.0 Å². The second-order valence-corrected chi connectivity index (χ2v) is 8.47. The zero-order valence-corrected chi connectivity index (χ0v) is 18.6. The van der Waals surface area contributed by atoms with Crippen molar-refractivity contribution in [3.8, 4) is 0 Å². The third-order valence-corrected chi connectivity index (χ3v) is 6.29. The van der Waals surface area contributed by atoms with Gasteiger partial charge in [0.1, 0.15) is 0 Å². The number of carbonyl (C=O) groups excluding carboxylic acids is 1. The Labute approximate surface area is 190 Å². The van der Waals surface area contributed by atoms with Crippen LogP contribution in [0.1, 0.15) is 54.9 Å². The van der Waals surface area contributed by atoms with E-state index in [0.717, 1.165) is 23.3 Å². The van der Waals surface area contributed by atoms with E-state index < -0.39 is 11.7 Å². The first kappa shape index (κ1) is 23.3. The number of halogens is 3. The van der Waals surface area contributed by atoms with Crippen molar-refractivity contribution in [3.05, 3.63) is 53.2 Å². The predicted octanol–water partition coefficient (Wildman–Crippen LogP) is 4.54. The Bertz CT molecular complexity index is 997. The molecule has 0 saturated carbocycles. The number of ether oxygens (including phenoxy) is 1. The van der Waals surface area contributed by atoms with E-state index in [1.54, 1.807) is 9.80 Å². The van der Waals surface area contributed by atoms with Crippen molar-refractivity contribution in [1.29, 1.82) is 0 Å². The van der Waals surface area contributed by atoms with Gasteiger partial charge in [0.25, 0.3) is 5.89 Å². The zero-order chi connectivity index (χ0) is 23.6. The maximum Gasteiger partial charge on any atom is 0.416 e. The van der Waals surface area contributed by atoms with Crippen LogP contribution in [0.25, 0.3) is 5.57 Å². The second kappa shape index (κ2) is 9.54. The minimum Gasteiger partial charge on any atom is -0.378 e. The summed E-state index contributed by atoms with van der Waals surface area (Å²) in [5.41, 5.74) is 0.912. The van der Waals surface area contributed by atoms with Crippen molar-refractivity contribution in [2.45, 2.75) is 38.3 Å². The monoisotopic (exact) mass is 464 g/mol. The molecule has 2 atom stereocenters. The quantitative estimate of drug-likeness (QED) is 0.667. The average molecular weight is 464 g/mol. The van der Waals surface area contributed by atoms with Crippen molar-refractivity contribution >= 4 is 11.6 Å². The maximum absolute atomic E-state index is 13.2. The molecule has 2 amide bonds. The first-order valence-electron chi connectivity index (χ1n) is 11.0. The largest absolute Gasteiger partial charge is 0.416 e. The number of rotatable bonds is 3. The number of hydrogen-bond acceptors (Lipinski definition) is 5. The summed E-state index contributed by atoms with van der Waals surface area (Å²) in [7, 11) is 0. The van der Waals surface area contributed by atoms with E-state index >= 15 is 0 Å². The summed E-state index contributed by atoms with van der Waals surface area (Å²) in [4.78, 5) is 21.2. The first-order valence-corrected chi connectivity index (χ1v) is 11.0. The van der Waals surface area contributed by atoms with Crippen LogP contribution < -0.4 is 0 Å². The fraction of sp³-hybridized carbons (Fsp3) is 0.522. The fourth-order valence-corrected chi connectivity index (χ4v) is 4.27. The first-order chi connectivity index (χ1) is 15.8. The van der Waals surface area contributed by atoms with Gasteiger partial charge in [-0.15, -0.1) is 0 Å². The summed E-state index contributed by atoms with van der Waals surface area (Å²) in [6.07, 6.45) is -1.92. The highest BCUT2D eigenvalue weighted by Crippen LogP contribution is 2.37. The Morgan fingerprint density at radius 2 is 1.76 bits per heavy atom. The summed E-state index contributed by atoms with van der Waals surface area (Å²) in [6, 6.07) is 5.08. The highest BCUT2D eigenvalue weighted by atomic mass is 19.4. The predicted molar refractivity (Wildman–Crippen MR) is 115 cm³/mol. The average Bonchev–Trinajstić information content (AvgIpc) is 3.33. The third kappa shape index (κ3) is 5.21. The molecule has 0 aliphatic carbocycles. The van der Waals surface area contributed by atoms with Gasteiger partial charge in [0.05, 0.1) is 18.8 Å². The number of amides is 2. The molecule has 0 spiro atoms. The molecule has 2 fully saturated rings. The summed E-state index contributed by atoms with van der Waals surface area (Å²) >= 11 is 0. The van der Waals surface area contributed by atoms with E-state index in [0.29, 0.717) is 57.5 Å². The van der Waals surface area contributed by atoms with Crippen LogP contribution in [0.4, 0.5) is 18.0 Å². The van der Waals surface area contributed by atoms with Crippen LogP contribution >= 0.6 is 0 Å². The lowest BCUT2D eigenvalue weighted by Gasteiger charge is -2.40. The number of piperidine rings is 1. The van der Waals surface area contributed by atoms with Gasteiger partial charge in [-0.25, -0.2) is 4.79 Å². The van der Waals surface area contributed by atoms with Crippen LogP contribution in [-0.4, -0.2) is 65.4 Å². The lowest BCUT2D eigenvalue weighted by atomic mass is 9.84. The number of alkyl halides is 3. The maximum atomic E-state index is 13.2. The smallest absolute Gasteiger partial charge is 0.378 e. The fourth-order valence-electron chi connectivity index (χ4n) is 4.27. The van der Waals surface area contributed by atoms with Gasteiger partial charge in [-0.3, -0.25) is 0 Å². The van der Waals surface area contributed by atoms with E-state index in [2.05, 4.69) is 10.1 Å². The SMILES string of the molecule is CC=C(C)c1nc(C2CC(c3ccc(C(F)(F)F)cc3)CN(C(=O)N3CCOCC3)C2)no1. The summed E-state index contributed by atoms with van der Waals surface area (Å²) < 4.78 is 49.8. The van der Waals surface area contributed by atoms with E-state index in [1.807, 2.05) is 19.9 Å². The van der Waals surface area contributed by atoms with Crippen LogP contribution in [0, 0.1) is 0 Å². The molecule has 2 aliphatic rings. The van der Waals surface area contributed by atoms with E-state index in [4.69, 9.17) is 9.26 Å². The lowest BCUT2D eigenvalue weighted by molar-refractivity contribution is -0.137. The normalized spacial score (nSPS) is 22.5. The van der Waals surface area contributed by atoms with Crippen LogP contribution in [0.15, 0.2) is 34.9 Å². The summed E-state index contributed by atoms with van der Waals surface area (Å²) in [6.45, 7) is 6.58. The van der Waals surface area contributed by atoms with Crippen molar-refractivity contribution in [1.82, 2.24) is 19.9 Å². The molecule has 2 saturated heterocycles. The third-order valence-electron chi connectivity index (χ3n) is 6.29. The van der Waals surface area contributed by atoms with Crippen molar-refractivity contribution in [2.75, 3.05) is 39.4 Å². The second-order valence-electron chi connectivity index (χ2n) is 8.47. The molecule has 4 rings (SSSR count). The van der Waals surface area contributed by atoms with Crippen molar-refractivity contribution < 1.29 is 27.2 Å². The molecule has 2 unspecified atom stereocenters. The summed E-state index contributed by atoms with van der Waals surface area (Å²) in [5, 5.41) is 4.14. The van der Waals surface area contributed by atoms with Gasteiger partial charge in [-0.05, 0) is 38.0 Å². The molecule has 2 aromatic rings. The molecular formula is C23H27F3N4O3. The number of carbonyl (C=O) groups is 1. The van der Waals surface area contributed by atoms with Gasteiger partial charge in [0.15, 0.2) is 5.82 Å². The zero-order valence-electron chi connectivity index (χ0n) is 18.6. The van der Waals surface area contributed by atoms with Gasteiger partial charge >= 0.3 is 12.2 Å². The molecule has 178 valence electrons. The number of morpholine rings is 1. The number of allylic oxidation sites excluding steroid dienone is 2. The summed E-state index contributed by atoms with van der Waals surface area (Å²) in [5.74, 6) is 0.580. The van der Waals surface area contributed by atoms with Crippen LogP contribution in [0.3, 0.4) is 0 Å². The molecule has 3 heterocycles. The molecule has 1 aromatic carbocycles. The molecule has 1 aromatic heterocycles. The van der Waals surface area contributed by atoms with Crippen LogP contribution in [0.5, 0.6) is 0 Å². The van der Waals surface area contributed by atoms with Crippen LogP contribution in [-0.2, 0) is 10.9 Å². The highest BCUT2D eigenvalue weighted by Gasteiger charge is 2.37. The number of nitrogens with zero attached hydrogens (tertiary/aromatic N) is 4. The topological polar surface area (TPSA) is 71.7 Å². The number of likely N-dealkylation sites (tertiary alicyclic amines) is 1. The Balaban J connectivity index is 1.60. The van der Waals surface area contributed by atoms with Gasteiger partial charge in [-0.1, -0.05) is 23.4 Å². The van der Waals surface area contributed by atoms with Gasteiger partial charge in [0, 0.05) is 43.6 Å². The minimum absolute atomic E-state index is 0.103. The van der Waals surface area contributed by atoms with E-state index in [-0.39, 0.29) is 17.9 Å². The highest BCUT2D eigenvalue weighted by molar-refractivity contribution is 5.75. The number of urea groups is 1. The molecule has 0 radical (unpaired) electrons. The lowest BCUT2D eigenvalue weighted by Crippen LogP contribution is -2.52. The number of benzene rings is 1. The van der Waals surface area contributed by atoms with Gasteiger partial charge in [0.2, 0.25) is 0 Å². The molecule has 10 heteroatoms.